The monoisotopic (exact) mass is 187 g/mol. The molecule has 5 heteroatoms. The molecule has 1 unspecified atom stereocenters. The minimum absolute atomic E-state index is 0.0218. The van der Waals surface area contributed by atoms with Gasteiger partial charge in [-0.15, -0.1) is 11.6 Å². The van der Waals surface area contributed by atoms with Gasteiger partial charge in [-0.25, -0.2) is 4.98 Å². The highest BCUT2D eigenvalue weighted by molar-refractivity contribution is 6.20. The van der Waals surface area contributed by atoms with Crippen molar-refractivity contribution in [2.24, 2.45) is 0 Å². The van der Waals surface area contributed by atoms with Crippen molar-refractivity contribution in [2.45, 2.75) is 12.3 Å². The van der Waals surface area contributed by atoms with Crippen LogP contribution in [0.5, 0.6) is 0 Å². The Kier molecular flexibility index (Phi) is 3.10. The predicted octanol–water partition coefficient (Wildman–Crippen LogP) is 0.809. The lowest BCUT2D eigenvalue weighted by atomic mass is 10.4. The summed E-state index contributed by atoms with van der Waals surface area (Å²) in [5, 5.41) is 2.80. The molecule has 0 amide bonds. The van der Waals surface area contributed by atoms with Crippen LogP contribution in [0.25, 0.3) is 0 Å². The molecule has 0 bridgehead atoms. The number of rotatable bonds is 3. The molecule has 0 radical (unpaired) electrons. The number of hydrogen-bond donors (Lipinski definition) is 2. The quantitative estimate of drug-likeness (QED) is 0.689. The minimum atomic E-state index is -0.227. The Morgan fingerprint density at radius 1 is 1.83 bits per heavy atom. The van der Waals surface area contributed by atoms with Crippen molar-refractivity contribution in [1.82, 2.24) is 9.97 Å². The van der Waals surface area contributed by atoms with Crippen LogP contribution in [0.4, 0.5) is 5.82 Å². The van der Waals surface area contributed by atoms with Crippen LogP contribution in [0, 0.1) is 0 Å². The second-order valence-electron chi connectivity index (χ2n) is 2.43. The Hall–Kier alpha value is -1.03. The fraction of sp³-hybridized carbons (Fsp3) is 0.429. The van der Waals surface area contributed by atoms with E-state index in [2.05, 4.69) is 15.3 Å². The molecule has 66 valence electrons. The summed E-state index contributed by atoms with van der Waals surface area (Å²) >= 11 is 5.68. The first-order valence-corrected chi connectivity index (χ1v) is 4.05. The highest BCUT2D eigenvalue weighted by atomic mass is 35.5. The lowest BCUT2D eigenvalue weighted by Gasteiger charge is -2.04. The van der Waals surface area contributed by atoms with Gasteiger partial charge in [0.2, 0.25) is 0 Å². The normalized spacial score (nSPS) is 12.5. The summed E-state index contributed by atoms with van der Waals surface area (Å²) in [4.78, 5) is 17.3. The first-order chi connectivity index (χ1) is 5.70. The van der Waals surface area contributed by atoms with E-state index in [1.54, 1.807) is 0 Å². The number of aromatic nitrogens is 2. The number of alkyl halides is 1. The SMILES string of the molecule is CC(Cl)CNc1ncc[nH]c1=O. The van der Waals surface area contributed by atoms with Crippen LogP contribution >= 0.6 is 11.6 Å². The summed E-state index contributed by atoms with van der Waals surface area (Å²) < 4.78 is 0. The number of hydrogen-bond acceptors (Lipinski definition) is 3. The van der Waals surface area contributed by atoms with E-state index in [1.807, 2.05) is 6.92 Å². The average molecular weight is 188 g/mol. The van der Waals surface area contributed by atoms with Gasteiger partial charge >= 0.3 is 0 Å². The zero-order chi connectivity index (χ0) is 8.97. The van der Waals surface area contributed by atoms with Gasteiger partial charge < -0.3 is 10.3 Å². The van der Waals surface area contributed by atoms with E-state index in [0.717, 1.165) is 0 Å². The predicted molar refractivity (Wildman–Crippen MR) is 48.7 cm³/mol. The van der Waals surface area contributed by atoms with E-state index in [4.69, 9.17) is 11.6 Å². The summed E-state index contributed by atoms with van der Waals surface area (Å²) in [5.41, 5.74) is -0.227. The highest BCUT2D eigenvalue weighted by Crippen LogP contribution is 1.95. The third-order valence-electron chi connectivity index (χ3n) is 1.26. The Bertz CT molecular complexity index is 297. The Morgan fingerprint density at radius 2 is 2.58 bits per heavy atom. The molecule has 0 saturated carbocycles. The largest absolute Gasteiger partial charge is 0.364 e. The molecule has 1 rings (SSSR count). The van der Waals surface area contributed by atoms with E-state index in [1.165, 1.54) is 12.4 Å². The Balaban J connectivity index is 2.64. The maximum atomic E-state index is 11.0. The molecule has 2 N–H and O–H groups in total. The van der Waals surface area contributed by atoms with Crippen molar-refractivity contribution in [1.29, 1.82) is 0 Å². The third-order valence-corrected chi connectivity index (χ3v) is 1.41. The number of H-pyrrole nitrogens is 1. The van der Waals surface area contributed by atoms with Crippen molar-refractivity contribution in [2.75, 3.05) is 11.9 Å². The molecular formula is C7H10ClN3O. The highest BCUT2D eigenvalue weighted by Gasteiger charge is 2.00. The molecule has 4 nitrogen and oxygen atoms in total. The molecule has 1 heterocycles. The fourth-order valence-electron chi connectivity index (χ4n) is 0.715. The van der Waals surface area contributed by atoms with Crippen LogP contribution < -0.4 is 10.9 Å². The summed E-state index contributed by atoms with van der Waals surface area (Å²) in [6.07, 6.45) is 3.00. The van der Waals surface area contributed by atoms with Crippen LogP contribution in [0.3, 0.4) is 0 Å². The molecule has 0 spiro atoms. The molecule has 0 aliphatic carbocycles. The average Bonchev–Trinajstić information content (AvgIpc) is 2.03. The number of halogens is 1. The van der Waals surface area contributed by atoms with E-state index in [0.29, 0.717) is 12.4 Å². The van der Waals surface area contributed by atoms with Gasteiger partial charge in [0, 0.05) is 24.3 Å². The number of nitrogens with zero attached hydrogens (tertiary/aromatic N) is 1. The van der Waals surface area contributed by atoms with Gasteiger partial charge in [-0.2, -0.15) is 0 Å². The first kappa shape index (κ1) is 9.06. The molecule has 1 aromatic rings. The molecule has 12 heavy (non-hydrogen) atoms. The third kappa shape index (κ3) is 2.54. The molecular weight excluding hydrogens is 178 g/mol. The molecule has 1 aromatic heterocycles. The Labute approximate surface area is 75.0 Å². The number of nitrogens with one attached hydrogen (secondary N) is 2. The molecule has 0 saturated heterocycles. The van der Waals surface area contributed by atoms with Crippen molar-refractivity contribution in [3.63, 3.8) is 0 Å². The zero-order valence-corrected chi connectivity index (χ0v) is 7.43. The van der Waals surface area contributed by atoms with Crippen LogP contribution in [0.2, 0.25) is 0 Å². The molecule has 1 atom stereocenters. The minimum Gasteiger partial charge on any atom is -0.364 e. The van der Waals surface area contributed by atoms with Gasteiger partial charge in [-0.05, 0) is 6.92 Å². The lowest BCUT2D eigenvalue weighted by Crippen LogP contribution is -2.19. The smallest absolute Gasteiger partial charge is 0.290 e. The maximum Gasteiger partial charge on any atom is 0.290 e. The molecule has 0 aliphatic heterocycles. The van der Waals surface area contributed by atoms with Gasteiger partial charge in [0.15, 0.2) is 5.82 Å². The summed E-state index contributed by atoms with van der Waals surface area (Å²) in [7, 11) is 0. The molecule has 0 aliphatic rings. The second kappa shape index (κ2) is 4.11. The van der Waals surface area contributed by atoms with E-state index in [-0.39, 0.29) is 10.9 Å². The lowest BCUT2D eigenvalue weighted by molar-refractivity contribution is 0.965. The van der Waals surface area contributed by atoms with Crippen LogP contribution in [0.1, 0.15) is 6.92 Å². The van der Waals surface area contributed by atoms with Crippen molar-refractivity contribution in [3.8, 4) is 0 Å². The van der Waals surface area contributed by atoms with Gasteiger partial charge in [-0.1, -0.05) is 0 Å². The van der Waals surface area contributed by atoms with Crippen LogP contribution in [-0.2, 0) is 0 Å². The molecule has 0 aromatic carbocycles. The topological polar surface area (TPSA) is 57.8 Å². The summed E-state index contributed by atoms with van der Waals surface area (Å²) in [6.45, 7) is 2.37. The Morgan fingerprint density at radius 3 is 3.17 bits per heavy atom. The van der Waals surface area contributed by atoms with Crippen LogP contribution in [-0.4, -0.2) is 21.9 Å². The summed E-state index contributed by atoms with van der Waals surface area (Å²) in [5.74, 6) is 0.310. The fourth-order valence-corrected chi connectivity index (χ4v) is 0.792. The van der Waals surface area contributed by atoms with E-state index < -0.39 is 0 Å². The van der Waals surface area contributed by atoms with Crippen molar-refractivity contribution < 1.29 is 0 Å². The molecule has 0 fully saturated rings. The second-order valence-corrected chi connectivity index (χ2v) is 3.17. The maximum absolute atomic E-state index is 11.0. The first-order valence-electron chi connectivity index (χ1n) is 3.62. The van der Waals surface area contributed by atoms with E-state index >= 15 is 0 Å². The zero-order valence-electron chi connectivity index (χ0n) is 6.67. The van der Waals surface area contributed by atoms with Gasteiger partial charge in [0.05, 0.1) is 0 Å². The van der Waals surface area contributed by atoms with Crippen molar-refractivity contribution >= 4 is 17.4 Å². The number of anilines is 1. The summed E-state index contributed by atoms with van der Waals surface area (Å²) in [6, 6.07) is 0. The standard InChI is InChI=1S/C7H10ClN3O/c1-5(8)4-11-6-7(12)10-3-2-9-6/h2-3,5H,4H2,1H3,(H,9,11)(H,10,12). The van der Waals surface area contributed by atoms with Crippen LogP contribution in [0.15, 0.2) is 17.2 Å². The van der Waals surface area contributed by atoms with Gasteiger partial charge in [0.25, 0.3) is 5.56 Å². The van der Waals surface area contributed by atoms with Gasteiger partial charge in [-0.3, -0.25) is 4.79 Å². The number of aromatic amines is 1. The van der Waals surface area contributed by atoms with Crippen molar-refractivity contribution in [3.05, 3.63) is 22.7 Å². The van der Waals surface area contributed by atoms with Gasteiger partial charge in [0.1, 0.15) is 0 Å². The van der Waals surface area contributed by atoms with E-state index in [9.17, 15) is 4.79 Å².